The van der Waals surface area contributed by atoms with Crippen LogP contribution < -0.4 is 0 Å². The molecule has 0 heterocycles. The van der Waals surface area contributed by atoms with Gasteiger partial charge >= 0.3 is 17.9 Å². The van der Waals surface area contributed by atoms with E-state index in [1.165, 1.54) is 128 Å². The van der Waals surface area contributed by atoms with Crippen molar-refractivity contribution in [2.24, 2.45) is 0 Å². The predicted octanol–water partition coefficient (Wildman–Crippen LogP) is 17.3. The third-order valence-electron chi connectivity index (χ3n) is 11.2. The highest BCUT2D eigenvalue weighted by atomic mass is 16.6. The van der Waals surface area contributed by atoms with Crippen LogP contribution in [-0.4, -0.2) is 37.2 Å². The van der Waals surface area contributed by atoms with Crippen LogP contribution in [-0.2, 0) is 28.6 Å². The smallest absolute Gasteiger partial charge is 0.306 e. The molecule has 0 radical (unpaired) electrons. The molecule has 0 aliphatic carbocycles. The Hall–Kier alpha value is -2.89. The summed E-state index contributed by atoms with van der Waals surface area (Å²) in [5, 5.41) is 0. The van der Waals surface area contributed by atoms with Crippen molar-refractivity contribution in [2.45, 2.75) is 264 Å². The lowest BCUT2D eigenvalue weighted by atomic mass is 10.0. The van der Waals surface area contributed by atoms with E-state index < -0.39 is 6.10 Å². The van der Waals surface area contributed by atoms with Gasteiger partial charge in [-0.25, -0.2) is 0 Å². The molecule has 6 heteroatoms. The molecule has 0 saturated heterocycles. The molecule has 0 amide bonds. The lowest BCUT2D eigenvalue weighted by molar-refractivity contribution is -0.167. The van der Waals surface area contributed by atoms with Gasteiger partial charge in [-0.05, 0) is 89.9 Å². The van der Waals surface area contributed by atoms with Gasteiger partial charge in [0.25, 0.3) is 0 Å². The summed E-state index contributed by atoms with van der Waals surface area (Å²) in [6, 6.07) is 0. The SMILES string of the molecule is CCCCC/C=C\C/C=C\C/C=C\C/C=C\CCCCCC(=O)OC[C@@H](COC(=O)CCCCCCC/C=C\CCCCC)OC(=O)CCCCCCCCCCCCCCC. The van der Waals surface area contributed by atoms with Crippen LogP contribution in [0, 0.1) is 0 Å². The van der Waals surface area contributed by atoms with Crippen molar-refractivity contribution in [3.8, 4) is 0 Å². The Kier molecular flexibility index (Phi) is 48.4. The molecule has 0 saturated carbocycles. The first-order valence-corrected chi connectivity index (χ1v) is 26.3. The molecule has 0 fully saturated rings. The fourth-order valence-corrected chi connectivity index (χ4v) is 7.24. The Balaban J connectivity index is 4.41. The Morgan fingerprint density at radius 1 is 0.323 bits per heavy atom. The summed E-state index contributed by atoms with van der Waals surface area (Å²) in [6.07, 6.45) is 62.0. The number of unbranched alkanes of at least 4 members (excludes halogenated alkanes) is 26. The molecule has 0 N–H and O–H groups in total. The van der Waals surface area contributed by atoms with Gasteiger partial charge in [-0.2, -0.15) is 0 Å². The number of hydrogen-bond donors (Lipinski definition) is 0. The molecule has 0 aliphatic heterocycles. The topological polar surface area (TPSA) is 78.9 Å². The van der Waals surface area contributed by atoms with Gasteiger partial charge in [-0.15, -0.1) is 0 Å². The zero-order valence-electron chi connectivity index (χ0n) is 40.9. The molecule has 0 aromatic rings. The van der Waals surface area contributed by atoms with Crippen LogP contribution in [0.2, 0.25) is 0 Å². The molecule has 358 valence electrons. The van der Waals surface area contributed by atoms with Crippen LogP contribution in [0.25, 0.3) is 0 Å². The van der Waals surface area contributed by atoms with Crippen molar-refractivity contribution in [3.63, 3.8) is 0 Å². The van der Waals surface area contributed by atoms with Gasteiger partial charge in [0.05, 0.1) is 0 Å². The molecule has 0 unspecified atom stereocenters. The largest absolute Gasteiger partial charge is 0.462 e. The van der Waals surface area contributed by atoms with Crippen molar-refractivity contribution in [1.29, 1.82) is 0 Å². The second-order valence-corrected chi connectivity index (χ2v) is 17.4. The minimum absolute atomic E-state index is 0.0872. The fraction of sp³-hybridized carbons (Fsp3) is 0.768. The summed E-state index contributed by atoms with van der Waals surface area (Å²) < 4.78 is 16.8. The molecule has 0 spiro atoms. The maximum Gasteiger partial charge on any atom is 0.306 e. The van der Waals surface area contributed by atoms with Gasteiger partial charge in [-0.1, -0.05) is 210 Å². The van der Waals surface area contributed by atoms with Crippen molar-refractivity contribution in [1.82, 2.24) is 0 Å². The van der Waals surface area contributed by atoms with Crippen LogP contribution in [0.3, 0.4) is 0 Å². The van der Waals surface area contributed by atoms with E-state index in [1.54, 1.807) is 0 Å². The molecule has 0 aliphatic rings. The monoisotopic (exact) mass is 867 g/mol. The molecule has 6 nitrogen and oxygen atoms in total. The molecule has 0 aromatic carbocycles. The molecule has 62 heavy (non-hydrogen) atoms. The highest BCUT2D eigenvalue weighted by Gasteiger charge is 2.19. The van der Waals surface area contributed by atoms with Crippen LogP contribution >= 0.6 is 0 Å². The number of carbonyl (C=O) groups is 3. The van der Waals surface area contributed by atoms with Crippen molar-refractivity contribution < 1.29 is 28.6 Å². The Morgan fingerprint density at radius 2 is 0.581 bits per heavy atom. The third-order valence-corrected chi connectivity index (χ3v) is 11.2. The zero-order chi connectivity index (χ0) is 45.1. The third kappa shape index (κ3) is 48.1. The number of allylic oxidation sites excluding steroid dienone is 10. The van der Waals surface area contributed by atoms with E-state index in [4.69, 9.17) is 14.2 Å². The second kappa shape index (κ2) is 50.8. The highest BCUT2D eigenvalue weighted by Crippen LogP contribution is 2.15. The minimum Gasteiger partial charge on any atom is -0.462 e. The lowest BCUT2D eigenvalue weighted by Crippen LogP contribution is -2.30. The number of ether oxygens (including phenoxy) is 3. The first-order chi connectivity index (χ1) is 30.5. The first-order valence-electron chi connectivity index (χ1n) is 26.3. The molecular formula is C56H98O6. The van der Waals surface area contributed by atoms with Crippen LogP contribution in [0.1, 0.15) is 258 Å². The van der Waals surface area contributed by atoms with Gasteiger partial charge in [0, 0.05) is 19.3 Å². The molecule has 1 atom stereocenters. The maximum atomic E-state index is 12.8. The Bertz CT molecular complexity index is 1130. The van der Waals surface area contributed by atoms with E-state index in [9.17, 15) is 14.4 Å². The van der Waals surface area contributed by atoms with Crippen LogP contribution in [0.4, 0.5) is 0 Å². The minimum atomic E-state index is -0.787. The van der Waals surface area contributed by atoms with Crippen molar-refractivity contribution >= 4 is 17.9 Å². The Labute approximate surface area is 383 Å². The van der Waals surface area contributed by atoms with Crippen molar-refractivity contribution in [3.05, 3.63) is 60.8 Å². The average molecular weight is 867 g/mol. The molecule has 0 aromatic heterocycles. The summed E-state index contributed by atoms with van der Waals surface area (Å²) in [4.78, 5) is 37.9. The summed E-state index contributed by atoms with van der Waals surface area (Å²) in [6.45, 7) is 6.56. The lowest BCUT2D eigenvalue weighted by Gasteiger charge is -2.18. The van der Waals surface area contributed by atoms with Gasteiger partial charge in [-0.3, -0.25) is 14.4 Å². The van der Waals surface area contributed by atoms with Crippen LogP contribution in [0.15, 0.2) is 60.8 Å². The standard InChI is InChI=1S/C56H98O6/c1-4-7-10-13-16-19-22-25-26-27-28-29-30-32-34-37-40-43-46-49-55(58)61-52-53(51-60-54(57)48-45-42-39-36-33-24-21-18-15-12-9-6-3)62-56(59)50-47-44-41-38-35-31-23-20-17-14-11-8-5-2/h16,18-19,21,25-26,28-29,32,34,53H,4-15,17,20,22-24,27,30-31,33,35-52H2,1-3H3/b19-16-,21-18-,26-25-,29-28-,34-32-/t53-/m1/s1. The van der Waals surface area contributed by atoms with Crippen molar-refractivity contribution in [2.75, 3.05) is 13.2 Å². The molecule has 0 bridgehead atoms. The number of rotatable bonds is 47. The van der Waals surface area contributed by atoms with Crippen LogP contribution in [0.5, 0.6) is 0 Å². The Morgan fingerprint density at radius 3 is 0.968 bits per heavy atom. The zero-order valence-corrected chi connectivity index (χ0v) is 40.9. The number of carbonyl (C=O) groups excluding carboxylic acids is 3. The number of esters is 3. The normalized spacial score (nSPS) is 12.5. The number of hydrogen-bond acceptors (Lipinski definition) is 6. The van der Waals surface area contributed by atoms with Gasteiger partial charge in [0.15, 0.2) is 6.10 Å². The molecule has 0 rings (SSSR count). The maximum absolute atomic E-state index is 12.8. The van der Waals surface area contributed by atoms with E-state index in [2.05, 4.69) is 81.5 Å². The molecular weight excluding hydrogens is 769 g/mol. The second-order valence-electron chi connectivity index (χ2n) is 17.4. The van der Waals surface area contributed by atoms with Gasteiger partial charge in [0.1, 0.15) is 13.2 Å². The van der Waals surface area contributed by atoms with E-state index in [-0.39, 0.29) is 31.1 Å². The van der Waals surface area contributed by atoms with Gasteiger partial charge in [0.2, 0.25) is 0 Å². The van der Waals surface area contributed by atoms with E-state index in [0.717, 1.165) is 89.9 Å². The van der Waals surface area contributed by atoms with Gasteiger partial charge < -0.3 is 14.2 Å². The predicted molar refractivity (Wildman–Crippen MR) is 265 cm³/mol. The first kappa shape index (κ1) is 59.1. The summed E-state index contributed by atoms with van der Waals surface area (Å²) in [5.74, 6) is -0.922. The quantitative estimate of drug-likeness (QED) is 0.0262. The summed E-state index contributed by atoms with van der Waals surface area (Å²) in [5.41, 5.74) is 0. The summed E-state index contributed by atoms with van der Waals surface area (Å²) >= 11 is 0. The van der Waals surface area contributed by atoms with E-state index in [0.29, 0.717) is 19.3 Å². The fourth-order valence-electron chi connectivity index (χ4n) is 7.24. The average Bonchev–Trinajstić information content (AvgIpc) is 3.27. The van der Waals surface area contributed by atoms with E-state index >= 15 is 0 Å². The van der Waals surface area contributed by atoms with E-state index in [1.807, 2.05) is 0 Å². The summed E-state index contributed by atoms with van der Waals surface area (Å²) in [7, 11) is 0. The highest BCUT2D eigenvalue weighted by molar-refractivity contribution is 5.71.